The molecule has 0 radical (unpaired) electrons. The highest BCUT2D eigenvalue weighted by Gasteiger charge is 2.36. The molecular formula is C81H106Cl6N10O18S4. The topological polar surface area (TPSA) is 357 Å². The summed E-state index contributed by atoms with van der Waals surface area (Å²) in [5.74, 6) is 1.26. The van der Waals surface area contributed by atoms with Crippen LogP contribution in [0.5, 0.6) is 0 Å². The van der Waals surface area contributed by atoms with Crippen molar-refractivity contribution in [1.82, 2.24) is 50.1 Å². The first-order chi connectivity index (χ1) is 56.7. The van der Waals surface area contributed by atoms with Gasteiger partial charge in [0.2, 0.25) is 41.9 Å². The molecule has 28 nitrogen and oxygen atoms in total. The number of amides is 4. The molecule has 8 N–H and O–H groups in total. The lowest BCUT2D eigenvalue weighted by molar-refractivity contribution is -0.121. The SMILES string of the molecule is C=S(=O)(O)CCNC(=O)NC(CCC(=O)CCCOCCOCCNS(=O)(=O)c1cccc([C@@H]2CN(C)Cc3c(Cl)cc(Cl)cc32)c1)(CCC(=O)NCCOCCOCCNS(=O)(=O)c1cccc(C2CN(C)Cc3c(Cl)cc(Cl)cc32)c1)CCC(=O)NCCOCCOCCNS(=O)(=O)c1cccc([C@@H]2CN(C)Cc3c(Cl)cc(Cl)cc32)c1. The van der Waals surface area contributed by atoms with Crippen LogP contribution in [0.2, 0.25) is 30.1 Å². The molecule has 38 heteroatoms. The number of halogens is 6. The van der Waals surface area contributed by atoms with Crippen molar-refractivity contribution in [1.29, 1.82) is 0 Å². The van der Waals surface area contributed by atoms with Crippen molar-refractivity contribution in [2.75, 3.05) is 165 Å². The molecule has 0 fully saturated rings. The number of fused-ring (bicyclic) bond motifs is 3. The lowest BCUT2D eigenvalue weighted by Gasteiger charge is -2.35. The summed E-state index contributed by atoms with van der Waals surface area (Å²) in [5.41, 5.74) is 6.69. The summed E-state index contributed by atoms with van der Waals surface area (Å²) < 4.78 is 145. The Labute approximate surface area is 728 Å². The summed E-state index contributed by atoms with van der Waals surface area (Å²) in [6.45, 7) is 4.76. The van der Waals surface area contributed by atoms with Gasteiger partial charge in [-0.25, -0.2) is 48.4 Å². The number of sulfonamides is 3. The largest absolute Gasteiger partial charge is 0.379 e. The van der Waals surface area contributed by atoms with E-state index in [1.54, 1.807) is 54.6 Å². The van der Waals surface area contributed by atoms with E-state index in [0.717, 1.165) is 50.1 Å². The molecule has 3 heterocycles. The van der Waals surface area contributed by atoms with Gasteiger partial charge >= 0.3 is 6.03 Å². The van der Waals surface area contributed by atoms with Crippen LogP contribution < -0.4 is 35.4 Å². The van der Waals surface area contributed by atoms with Gasteiger partial charge in [-0.15, -0.1) is 0 Å². The van der Waals surface area contributed by atoms with Gasteiger partial charge in [-0.2, -0.15) is 0 Å². The van der Waals surface area contributed by atoms with Crippen LogP contribution in [0, 0.1) is 0 Å². The fraction of sp³-hybridized carbons (Fsp3) is 0.494. The summed E-state index contributed by atoms with van der Waals surface area (Å²) in [5, 5.41) is 14.2. The van der Waals surface area contributed by atoms with Gasteiger partial charge in [0.05, 0.1) is 103 Å². The number of hydrogen-bond donors (Lipinski definition) is 8. The average molecular weight is 1850 g/mol. The molecule has 6 aromatic carbocycles. The van der Waals surface area contributed by atoms with Gasteiger partial charge < -0.3 is 68.9 Å². The van der Waals surface area contributed by atoms with Crippen LogP contribution in [0.15, 0.2) is 124 Å². The van der Waals surface area contributed by atoms with Gasteiger partial charge in [0, 0.05) is 164 Å². The highest BCUT2D eigenvalue weighted by molar-refractivity contribution is 7.95. The summed E-state index contributed by atoms with van der Waals surface area (Å²) in [6, 6.07) is 30.2. The highest BCUT2D eigenvalue weighted by Crippen LogP contribution is 2.43. The Morgan fingerprint density at radius 2 is 0.756 bits per heavy atom. The van der Waals surface area contributed by atoms with Crippen molar-refractivity contribution < 1.29 is 81.6 Å². The summed E-state index contributed by atoms with van der Waals surface area (Å²) in [7, 11) is -9.35. The Hall–Kier alpha value is -5.71. The first kappa shape index (κ1) is 97.1. The first-order valence-electron chi connectivity index (χ1n) is 39.1. The maximum atomic E-state index is 13.7. The number of likely N-dealkylation sites (N-methyl/N-ethyl adjacent to an activating group) is 3. The minimum absolute atomic E-state index is 0.0143. The molecule has 4 amide bonds. The third-order valence-electron chi connectivity index (χ3n) is 20.4. The number of nitrogens with zero attached hydrogens (tertiary/aromatic N) is 3. The Kier molecular flexibility index (Phi) is 38.2. The zero-order valence-electron chi connectivity index (χ0n) is 66.8. The molecule has 0 aromatic heterocycles. The fourth-order valence-corrected chi connectivity index (χ4v) is 19.8. The lowest BCUT2D eigenvalue weighted by atomic mass is 9.82. The zero-order chi connectivity index (χ0) is 85.9. The van der Waals surface area contributed by atoms with Crippen molar-refractivity contribution in [3.8, 4) is 0 Å². The second-order valence-corrected chi connectivity index (χ2v) is 39.5. The predicted molar refractivity (Wildman–Crippen MR) is 464 cm³/mol. The molecule has 0 saturated heterocycles. The molecular weight excluding hydrogens is 1740 g/mol. The molecule has 0 aliphatic carbocycles. The minimum Gasteiger partial charge on any atom is -0.379 e. The molecule has 119 heavy (non-hydrogen) atoms. The maximum Gasteiger partial charge on any atom is 0.315 e. The van der Waals surface area contributed by atoms with Gasteiger partial charge in [-0.3, -0.25) is 14.4 Å². The summed E-state index contributed by atoms with van der Waals surface area (Å²) in [6.07, 6.45) is -0.247. The molecule has 9 rings (SSSR count). The lowest BCUT2D eigenvalue weighted by Crippen LogP contribution is -2.54. The Balaban J connectivity index is 0.715. The number of hydrogen-bond acceptors (Lipinski definition) is 20. The van der Waals surface area contributed by atoms with E-state index in [9.17, 15) is 53.2 Å². The molecule has 6 aromatic rings. The van der Waals surface area contributed by atoms with E-state index in [2.05, 4.69) is 56.0 Å². The Morgan fingerprint density at radius 1 is 0.429 bits per heavy atom. The van der Waals surface area contributed by atoms with Gasteiger partial charge in [0.15, 0.2) is 0 Å². The minimum atomic E-state index is -3.92. The number of urea groups is 1. The second-order valence-electron chi connectivity index (χ2n) is 29.7. The number of benzene rings is 6. The van der Waals surface area contributed by atoms with Crippen LogP contribution in [0.3, 0.4) is 0 Å². The quantitative estimate of drug-likeness (QED) is 0.0130. The van der Waals surface area contributed by atoms with Crippen molar-refractivity contribution in [3.63, 3.8) is 0 Å². The number of carbonyl (C=O) groups excluding carboxylic acids is 4. The molecule has 3 unspecified atom stereocenters. The van der Waals surface area contributed by atoms with Gasteiger partial charge in [0.1, 0.15) is 5.78 Å². The van der Waals surface area contributed by atoms with Crippen LogP contribution in [-0.4, -0.2) is 249 Å². The zero-order valence-corrected chi connectivity index (χ0v) is 74.6. The predicted octanol–water partition coefficient (Wildman–Crippen LogP) is 9.82. The number of ketones is 1. The van der Waals surface area contributed by atoms with Crippen LogP contribution in [0.1, 0.15) is 119 Å². The average Bonchev–Trinajstić information content (AvgIpc) is 0.780. The molecule has 0 bridgehead atoms. The smallest absolute Gasteiger partial charge is 0.315 e. The molecule has 0 saturated carbocycles. The van der Waals surface area contributed by atoms with Gasteiger partial charge in [-0.1, -0.05) is 106 Å². The monoisotopic (exact) mass is 1840 g/mol. The van der Waals surface area contributed by atoms with E-state index >= 15 is 0 Å². The molecule has 3 aliphatic rings. The summed E-state index contributed by atoms with van der Waals surface area (Å²) >= 11 is 38.9. The number of rotatable bonds is 50. The van der Waals surface area contributed by atoms with Crippen molar-refractivity contribution in [3.05, 3.63) is 189 Å². The number of nitrogens with one attached hydrogen (secondary N) is 7. The first-order valence-corrected chi connectivity index (χ1v) is 47.7. The number of ether oxygens (including phenoxy) is 6. The number of Topliss-reactive ketones (excluding diaryl/α,β-unsaturated/α-hetero) is 1. The third kappa shape index (κ3) is 30.9. The molecule has 0 spiro atoms. The normalized spacial score (nSPS) is 17.0. The molecule has 5 atom stereocenters. The Bertz CT molecular complexity index is 4490. The van der Waals surface area contributed by atoms with E-state index in [1.165, 1.54) is 18.2 Å². The number of carbonyl (C=O) groups is 4. The third-order valence-corrected chi connectivity index (χ3v) is 27.3. The van der Waals surface area contributed by atoms with E-state index in [0.29, 0.717) is 75.8 Å². The van der Waals surface area contributed by atoms with Crippen LogP contribution in [0.4, 0.5) is 4.79 Å². The van der Waals surface area contributed by atoms with Crippen molar-refractivity contribution in [2.24, 2.45) is 0 Å². The van der Waals surface area contributed by atoms with Gasteiger partial charge in [0.25, 0.3) is 0 Å². The molecule has 654 valence electrons. The second kappa shape index (κ2) is 46.9. The standard InChI is InChI=1S/C81H106Cl6N10O18S4/c1-95-50-69(66-44-59(82)47-75(85)72(66)53-95)56-9-5-13-63(41-56)117(104,105)91-24-31-113-35-34-110-28-8-12-62(98)16-19-81(94-80(101)90-27-40-116(4,102)103,20-17-78(99)88-22-29-111-36-38-114-32-25-92-118(106,107)64-14-6-10-57(42-64)70-51-96(2)54-73-67(70)45-60(83)48-76(73)86)21-18-79(100)89-23-30-112-37-39-115-33-26-93-119(108,109)65-15-7-11-58(43-65)71-52-97(3)55-74-68(71)46-61(84)49-77(74)87/h5-7,9-11,13-15,41-49,69-71,91-93H,4,8,12,16-40,50-55H2,1-3H3,(H,88,99)(H,89,100)(H,102,103)(H2,90,94,101)/t69-,70-,71?,81?/m0/s1. The molecule has 3 aliphatic heterocycles. The van der Waals surface area contributed by atoms with Crippen molar-refractivity contribution in [2.45, 2.75) is 109 Å². The van der Waals surface area contributed by atoms with Crippen molar-refractivity contribution >= 4 is 139 Å². The van der Waals surface area contributed by atoms with Crippen LogP contribution in [0.25, 0.3) is 0 Å². The fourth-order valence-electron chi connectivity index (χ4n) is 14.5. The van der Waals surface area contributed by atoms with Gasteiger partial charge in [-0.05, 0) is 176 Å². The van der Waals surface area contributed by atoms with E-state index in [4.69, 9.17) is 98.0 Å². The summed E-state index contributed by atoms with van der Waals surface area (Å²) in [4.78, 5) is 61.3. The Morgan fingerprint density at radius 3 is 1.10 bits per heavy atom. The van der Waals surface area contributed by atoms with E-state index < -0.39 is 63.3 Å². The highest BCUT2D eigenvalue weighted by atomic mass is 35.5. The van der Waals surface area contributed by atoms with Crippen LogP contribution >= 0.6 is 69.6 Å². The maximum absolute atomic E-state index is 13.7. The van der Waals surface area contributed by atoms with E-state index in [1.807, 2.05) is 57.5 Å². The van der Waals surface area contributed by atoms with Crippen LogP contribution in [-0.2, 0) is 102 Å². The van der Waals surface area contributed by atoms with E-state index in [-0.39, 0.29) is 207 Å².